The third-order valence-corrected chi connectivity index (χ3v) is 4.07. The molecular formula is C20H23N3O3S. The van der Waals surface area contributed by atoms with Crippen LogP contribution in [0.2, 0.25) is 0 Å². The lowest BCUT2D eigenvalue weighted by Gasteiger charge is -2.14. The summed E-state index contributed by atoms with van der Waals surface area (Å²) < 4.78 is 5.73. The van der Waals surface area contributed by atoms with Crippen molar-refractivity contribution in [3.63, 3.8) is 0 Å². The molecule has 7 heteroatoms. The molecule has 0 spiro atoms. The van der Waals surface area contributed by atoms with Crippen LogP contribution in [0.1, 0.15) is 41.0 Å². The average molecular weight is 385 g/mol. The fraction of sp³-hybridized carbons (Fsp3) is 0.250. The highest BCUT2D eigenvalue weighted by Crippen LogP contribution is 2.16. The van der Waals surface area contributed by atoms with Gasteiger partial charge in [0.15, 0.2) is 5.11 Å². The lowest BCUT2D eigenvalue weighted by atomic mass is 10.2. The van der Waals surface area contributed by atoms with E-state index in [4.69, 9.17) is 17.0 Å². The maximum atomic E-state index is 12.4. The average Bonchev–Trinajstić information content (AvgIpc) is 2.67. The van der Waals surface area contributed by atoms with Crippen LogP contribution in [0.25, 0.3) is 0 Å². The molecule has 27 heavy (non-hydrogen) atoms. The Hall–Kier alpha value is -2.93. The number of carbonyl (C=O) groups is 2. The first kappa shape index (κ1) is 20.4. The summed E-state index contributed by atoms with van der Waals surface area (Å²) in [5.74, 6) is 0.140. The molecule has 3 N–H and O–H groups in total. The van der Waals surface area contributed by atoms with Crippen LogP contribution in [0.5, 0.6) is 5.75 Å². The monoisotopic (exact) mass is 385 g/mol. The van der Waals surface area contributed by atoms with Crippen molar-refractivity contribution in [1.29, 1.82) is 0 Å². The van der Waals surface area contributed by atoms with Gasteiger partial charge < -0.3 is 15.4 Å². The quantitative estimate of drug-likeness (QED) is 0.665. The van der Waals surface area contributed by atoms with E-state index in [1.165, 1.54) is 0 Å². The minimum Gasteiger partial charge on any atom is -0.491 e. The summed E-state index contributed by atoms with van der Waals surface area (Å²) in [6, 6.07) is 13.7. The fourth-order valence-corrected chi connectivity index (χ4v) is 2.42. The molecule has 0 saturated carbocycles. The van der Waals surface area contributed by atoms with Gasteiger partial charge in [-0.25, -0.2) is 0 Å². The van der Waals surface area contributed by atoms with E-state index in [1.807, 2.05) is 19.9 Å². The van der Waals surface area contributed by atoms with Crippen LogP contribution in [0.15, 0.2) is 48.5 Å². The van der Waals surface area contributed by atoms with Crippen molar-refractivity contribution in [1.82, 2.24) is 10.6 Å². The van der Waals surface area contributed by atoms with Crippen molar-refractivity contribution >= 4 is 34.8 Å². The number of ether oxygens (including phenoxy) is 1. The van der Waals surface area contributed by atoms with Gasteiger partial charge in [0.1, 0.15) is 5.75 Å². The summed E-state index contributed by atoms with van der Waals surface area (Å²) in [5.41, 5.74) is 1.66. The molecule has 2 amide bonds. The molecule has 1 atom stereocenters. The molecule has 0 fully saturated rings. The molecule has 1 unspecified atom stereocenters. The highest BCUT2D eigenvalue weighted by molar-refractivity contribution is 7.80. The molecule has 0 aliphatic heterocycles. The second-order valence-corrected chi connectivity index (χ2v) is 6.34. The lowest BCUT2D eigenvalue weighted by molar-refractivity contribution is 0.0959. The zero-order chi connectivity index (χ0) is 19.8. The van der Waals surface area contributed by atoms with Crippen molar-refractivity contribution in [2.45, 2.75) is 26.4 Å². The van der Waals surface area contributed by atoms with Crippen molar-refractivity contribution < 1.29 is 14.3 Å². The van der Waals surface area contributed by atoms with Crippen LogP contribution in [0.4, 0.5) is 5.69 Å². The molecule has 0 aliphatic carbocycles. The van der Waals surface area contributed by atoms with E-state index >= 15 is 0 Å². The van der Waals surface area contributed by atoms with Crippen molar-refractivity contribution in [3.05, 3.63) is 59.7 Å². The van der Waals surface area contributed by atoms with Crippen LogP contribution in [0.3, 0.4) is 0 Å². The molecule has 0 saturated heterocycles. The Morgan fingerprint density at radius 3 is 2.41 bits per heavy atom. The molecule has 0 radical (unpaired) electrons. The normalized spacial score (nSPS) is 11.2. The fourth-order valence-electron chi connectivity index (χ4n) is 2.21. The van der Waals surface area contributed by atoms with Gasteiger partial charge in [0, 0.05) is 23.9 Å². The Morgan fingerprint density at radius 2 is 1.78 bits per heavy atom. The number of rotatable bonds is 6. The molecule has 0 bridgehead atoms. The Balaban J connectivity index is 1.96. The van der Waals surface area contributed by atoms with E-state index in [0.717, 1.165) is 6.42 Å². The number of carbonyl (C=O) groups excluding carboxylic acids is 2. The maximum Gasteiger partial charge on any atom is 0.257 e. The number of benzene rings is 2. The summed E-state index contributed by atoms with van der Waals surface area (Å²) in [5, 5.41) is 8.27. The number of nitrogens with one attached hydrogen (secondary N) is 3. The second kappa shape index (κ2) is 9.68. The van der Waals surface area contributed by atoms with Crippen molar-refractivity contribution in [2.24, 2.45) is 0 Å². The molecule has 142 valence electrons. The third-order valence-electron chi connectivity index (χ3n) is 3.87. The largest absolute Gasteiger partial charge is 0.491 e. The zero-order valence-corrected chi connectivity index (χ0v) is 16.4. The van der Waals surface area contributed by atoms with Gasteiger partial charge in [-0.3, -0.25) is 14.9 Å². The number of hydrogen-bond acceptors (Lipinski definition) is 4. The highest BCUT2D eigenvalue weighted by Gasteiger charge is 2.10. The Morgan fingerprint density at radius 1 is 1.07 bits per heavy atom. The molecule has 0 aliphatic rings. The first-order valence-electron chi connectivity index (χ1n) is 8.64. The summed E-state index contributed by atoms with van der Waals surface area (Å²) in [6.07, 6.45) is 0.951. The first-order chi connectivity index (χ1) is 12.9. The first-order valence-corrected chi connectivity index (χ1v) is 9.05. The van der Waals surface area contributed by atoms with Crippen LogP contribution in [0, 0.1) is 0 Å². The predicted octanol–water partition coefficient (Wildman–Crippen LogP) is 3.35. The van der Waals surface area contributed by atoms with E-state index in [9.17, 15) is 9.59 Å². The minimum atomic E-state index is -0.330. The van der Waals surface area contributed by atoms with Gasteiger partial charge in [-0.1, -0.05) is 13.0 Å². The molecule has 2 aromatic carbocycles. The van der Waals surface area contributed by atoms with E-state index in [2.05, 4.69) is 16.0 Å². The number of thiocarbonyl (C=S) groups is 1. The minimum absolute atomic E-state index is 0.0730. The van der Waals surface area contributed by atoms with Gasteiger partial charge in [-0.05, 0) is 68.0 Å². The smallest absolute Gasteiger partial charge is 0.257 e. The van der Waals surface area contributed by atoms with Gasteiger partial charge in [0.25, 0.3) is 11.8 Å². The Kier molecular flexibility index (Phi) is 7.31. The molecule has 0 heterocycles. The number of anilines is 1. The molecule has 2 aromatic rings. The summed E-state index contributed by atoms with van der Waals surface area (Å²) in [4.78, 5) is 23.9. The van der Waals surface area contributed by atoms with Gasteiger partial charge in [0.05, 0.1) is 6.10 Å². The Labute approximate surface area is 164 Å². The second-order valence-electron chi connectivity index (χ2n) is 5.93. The standard InChI is InChI=1S/C20H23N3O3S/c1-4-13(2)26-17-7-5-6-15(12-17)19(25)23-20(27)22-16-10-8-14(9-11-16)18(24)21-3/h5-13H,4H2,1-3H3,(H,21,24)(H2,22,23,25,27). The van der Waals surface area contributed by atoms with Crippen molar-refractivity contribution in [2.75, 3.05) is 12.4 Å². The van der Waals surface area contributed by atoms with Crippen LogP contribution in [-0.4, -0.2) is 30.1 Å². The highest BCUT2D eigenvalue weighted by atomic mass is 32.1. The van der Waals surface area contributed by atoms with E-state index in [1.54, 1.807) is 49.5 Å². The van der Waals surface area contributed by atoms with E-state index in [-0.39, 0.29) is 23.0 Å². The molecule has 2 rings (SSSR count). The van der Waals surface area contributed by atoms with Gasteiger partial charge in [-0.2, -0.15) is 0 Å². The van der Waals surface area contributed by atoms with Gasteiger partial charge in [-0.15, -0.1) is 0 Å². The van der Waals surface area contributed by atoms with Gasteiger partial charge >= 0.3 is 0 Å². The molecular weight excluding hydrogens is 362 g/mol. The number of hydrogen-bond donors (Lipinski definition) is 3. The van der Waals surface area contributed by atoms with E-state index < -0.39 is 0 Å². The predicted molar refractivity (Wildman–Crippen MR) is 110 cm³/mol. The van der Waals surface area contributed by atoms with E-state index in [0.29, 0.717) is 22.6 Å². The van der Waals surface area contributed by atoms with Crippen molar-refractivity contribution in [3.8, 4) is 5.75 Å². The lowest BCUT2D eigenvalue weighted by Crippen LogP contribution is -2.34. The van der Waals surface area contributed by atoms with Crippen LogP contribution < -0.4 is 20.7 Å². The summed E-state index contributed by atoms with van der Waals surface area (Å²) >= 11 is 5.19. The van der Waals surface area contributed by atoms with Crippen LogP contribution >= 0.6 is 12.2 Å². The summed E-state index contributed by atoms with van der Waals surface area (Å²) in [6.45, 7) is 4.01. The SMILES string of the molecule is CCC(C)Oc1cccc(C(=O)NC(=S)Nc2ccc(C(=O)NC)cc2)c1. The number of amides is 2. The molecule has 0 aromatic heterocycles. The Bertz CT molecular complexity index is 821. The topological polar surface area (TPSA) is 79.5 Å². The zero-order valence-electron chi connectivity index (χ0n) is 15.5. The third kappa shape index (κ3) is 6.07. The maximum absolute atomic E-state index is 12.4. The summed E-state index contributed by atoms with van der Waals surface area (Å²) in [7, 11) is 1.57. The van der Waals surface area contributed by atoms with Crippen LogP contribution in [-0.2, 0) is 0 Å². The molecule has 6 nitrogen and oxygen atoms in total. The van der Waals surface area contributed by atoms with Gasteiger partial charge in [0.2, 0.25) is 0 Å².